The lowest BCUT2D eigenvalue weighted by atomic mass is 10.1. The molecule has 4 N–H and O–H groups in total. The van der Waals surface area contributed by atoms with Crippen molar-refractivity contribution in [3.05, 3.63) is 29.6 Å². The van der Waals surface area contributed by atoms with Crippen LogP contribution in [0.25, 0.3) is 0 Å². The third kappa shape index (κ3) is 3.91. The molecule has 7 heteroatoms. The number of rotatable bonds is 5. The Morgan fingerprint density at radius 2 is 2.43 bits per heavy atom. The topological polar surface area (TPSA) is 104 Å². The van der Waals surface area contributed by atoms with E-state index in [0.717, 1.165) is 26.1 Å². The van der Waals surface area contributed by atoms with Gasteiger partial charge in [-0.3, -0.25) is 9.78 Å². The van der Waals surface area contributed by atoms with Crippen molar-refractivity contribution in [2.75, 3.05) is 26.2 Å². The molecular weight excluding hydrogens is 270 g/mol. The molecule has 7 nitrogen and oxygen atoms in total. The van der Waals surface area contributed by atoms with Crippen molar-refractivity contribution in [3.63, 3.8) is 0 Å². The van der Waals surface area contributed by atoms with Crippen LogP contribution in [-0.4, -0.2) is 53.0 Å². The molecule has 0 aromatic carbocycles. The van der Waals surface area contributed by atoms with E-state index in [0.29, 0.717) is 23.7 Å². The van der Waals surface area contributed by atoms with Gasteiger partial charge in [0.15, 0.2) is 5.84 Å². The predicted octanol–water partition coefficient (Wildman–Crippen LogP) is 0.248. The first kappa shape index (κ1) is 15.2. The van der Waals surface area contributed by atoms with Crippen molar-refractivity contribution in [1.82, 2.24) is 15.2 Å². The van der Waals surface area contributed by atoms with Gasteiger partial charge in [-0.2, -0.15) is 0 Å². The number of amidine groups is 1. The first-order valence-corrected chi connectivity index (χ1v) is 7.08. The van der Waals surface area contributed by atoms with Crippen LogP contribution in [0.5, 0.6) is 0 Å². The summed E-state index contributed by atoms with van der Waals surface area (Å²) < 4.78 is 0. The van der Waals surface area contributed by atoms with E-state index < -0.39 is 0 Å². The maximum Gasteiger partial charge on any atom is 0.269 e. The van der Waals surface area contributed by atoms with Crippen LogP contribution in [-0.2, 0) is 0 Å². The van der Waals surface area contributed by atoms with Crippen LogP contribution in [0, 0.1) is 5.92 Å². The number of hydrogen-bond donors (Lipinski definition) is 3. The lowest BCUT2D eigenvalue weighted by Crippen LogP contribution is -2.31. The van der Waals surface area contributed by atoms with Gasteiger partial charge < -0.3 is 21.2 Å². The van der Waals surface area contributed by atoms with E-state index in [1.165, 1.54) is 6.20 Å². The highest BCUT2D eigenvalue weighted by Crippen LogP contribution is 2.14. The van der Waals surface area contributed by atoms with Crippen molar-refractivity contribution < 1.29 is 10.0 Å². The lowest BCUT2D eigenvalue weighted by Gasteiger charge is -2.13. The third-order valence-electron chi connectivity index (χ3n) is 3.77. The number of oxime groups is 1. The molecule has 0 radical (unpaired) electrons. The number of likely N-dealkylation sites (tertiary alicyclic amines) is 1. The van der Waals surface area contributed by atoms with Gasteiger partial charge in [-0.25, -0.2) is 0 Å². The van der Waals surface area contributed by atoms with Gasteiger partial charge in [0.05, 0.1) is 0 Å². The SMILES string of the molecule is CCN1CCC(CNC(=O)c2ccc(C(N)=NO)cn2)C1. The average molecular weight is 291 g/mol. The number of carbonyl (C=O) groups excluding carboxylic acids is 1. The summed E-state index contributed by atoms with van der Waals surface area (Å²) in [6, 6.07) is 3.17. The molecule has 0 bridgehead atoms. The van der Waals surface area contributed by atoms with E-state index >= 15 is 0 Å². The molecule has 0 spiro atoms. The number of nitrogens with one attached hydrogen (secondary N) is 1. The van der Waals surface area contributed by atoms with E-state index in [1.54, 1.807) is 12.1 Å². The smallest absolute Gasteiger partial charge is 0.269 e. The molecule has 114 valence electrons. The molecule has 1 aliphatic rings. The molecule has 0 aliphatic carbocycles. The lowest BCUT2D eigenvalue weighted by molar-refractivity contribution is 0.0942. The highest BCUT2D eigenvalue weighted by molar-refractivity contribution is 5.98. The van der Waals surface area contributed by atoms with Gasteiger partial charge in [0.1, 0.15) is 5.69 Å². The number of carbonyl (C=O) groups is 1. The number of aromatic nitrogens is 1. The monoisotopic (exact) mass is 291 g/mol. The number of amides is 1. The van der Waals surface area contributed by atoms with Gasteiger partial charge >= 0.3 is 0 Å². The molecule has 0 saturated carbocycles. The molecule has 1 atom stereocenters. The normalized spacial score (nSPS) is 19.7. The summed E-state index contributed by atoms with van der Waals surface area (Å²) in [5.74, 6) is 0.279. The summed E-state index contributed by atoms with van der Waals surface area (Å²) in [5, 5.41) is 14.4. The van der Waals surface area contributed by atoms with Crippen molar-refractivity contribution in [2.24, 2.45) is 16.8 Å². The average Bonchev–Trinajstić information content (AvgIpc) is 3.00. The Morgan fingerprint density at radius 1 is 1.62 bits per heavy atom. The van der Waals surface area contributed by atoms with E-state index in [2.05, 4.69) is 27.3 Å². The Bertz CT molecular complexity index is 515. The first-order valence-electron chi connectivity index (χ1n) is 7.08. The van der Waals surface area contributed by atoms with Gasteiger partial charge in [0.2, 0.25) is 0 Å². The van der Waals surface area contributed by atoms with Crippen LogP contribution in [0.1, 0.15) is 29.4 Å². The maximum absolute atomic E-state index is 12.0. The Balaban J connectivity index is 1.86. The molecular formula is C14H21N5O2. The van der Waals surface area contributed by atoms with E-state index in [9.17, 15) is 4.79 Å². The van der Waals surface area contributed by atoms with Crippen LogP contribution in [0.2, 0.25) is 0 Å². The summed E-state index contributed by atoms with van der Waals surface area (Å²) in [7, 11) is 0. The van der Waals surface area contributed by atoms with Crippen molar-refractivity contribution in [1.29, 1.82) is 0 Å². The zero-order valence-corrected chi connectivity index (χ0v) is 12.1. The maximum atomic E-state index is 12.0. The zero-order chi connectivity index (χ0) is 15.2. The van der Waals surface area contributed by atoms with Gasteiger partial charge in [0, 0.05) is 24.8 Å². The summed E-state index contributed by atoms with van der Waals surface area (Å²) in [4.78, 5) is 18.4. The van der Waals surface area contributed by atoms with Crippen LogP contribution in [0.4, 0.5) is 0 Å². The second-order valence-electron chi connectivity index (χ2n) is 5.18. The van der Waals surface area contributed by atoms with Gasteiger partial charge in [-0.15, -0.1) is 0 Å². The molecule has 1 saturated heterocycles. The van der Waals surface area contributed by atoms with E-state index in [4.69, 9.17) is 10.9 Å². The molecule has 1 aromatic rings. The summed E-state index contributed by atoms with van der Waals surface area (Å²) in [6.07, 6.45) is 2.53. The fourth-order valence-electron chi connectivity index (χ4n) is 2.43. The van der Waals surface area contributed by atoms with E-state index in [1.807, 2.05) is 0 Å². The minimum absolute atomic E-state index is 0.0277. The zero-order valence-electron chi connectivity index (χ0n) is 12.1. The molecule has 2 rings (SSSR count). The summed E-state index contributed by atoms with van der Waals surface area (Å²) >= 11 is 0. The minimum atomic E-state index is -0.198. The highest BCUT2D eigenvalue weighted by Gasteiger charge is 2.21. The molecule has 1 amide bonds. The molecule has 1 unspecified atom stereocenters. The second-order valence-corrected chi connectivity index (χ2v) is 5.18. The van der Waals surface area contributed by atoms with Crippen LogP contribution in [0.15, 0.2) is 23.5 Å². The summed E-state index contributed by atoms with van der Waals surface area (Å²) in [5.41, 5.74) is 6.25. The quantitative estimate of drug-likeness (QED) is 0.312. The summed E-state index contributed by atoms with van der Waals surface area (Å²) in [6.45, 7) is 6.00. The Kier molecular flexibility index (Phi) is 5.10. The van der Waals surface area contributed by atoms with E-state index in [-0.39, 0.29) is 11.7 Å². The standard InChI is InChI=1S/C14H21N5O2/c1-2-19-6-5-10(9-19)7-17-14(20)12-4-3-11(8-16-12)13(15)18-21/h3-4,8,10,21H,2,5-7,9H2,1H3,(H2,15,18)(H,17,20). The number of hydrogen-bond acceptors (Lipinski definition) is 5. The Labute approximate surface area is 123 Å². The van der Waals surface area contributed by atoms with Crippen molar-refractivity contribution in [2.45, 2.75) is 13.3 Å². The van der Waals surface area contributed by atoms with Crippen molar-refractivity contribution >= 4 is 11.7 Å². The largest absolute Gasteiger partial charge is 0.409 e. The number of nitrogens with zero attached hydrogens (tertiary/aromatic N) is 3. The van der Waals surface area contributed by atoms with Gasteiger partial charge in [-0.05, 0) is 37.6 Å². The molecule has 1 aromatic heterocycles. The van der Waals surface area contributed by atoms with Gasteiger partial charge in [0.25, 0.3) is 5.91 Å². The predicted molar refractivity (Wildman–Crippen MR) is 79.3 cm³/mol. The van der Waals surface area contributed by atoms with Crippen LogP contribution >= 0.6 is 0 Å². The second kappa shape index (κ2) is 7.03. The Morgan fingerprint density at radius 3 is 3.00 bits per heavy atom. The number of nitrogens with two attached hydrogens (primary N) is 1. The molecule has 21 heavy (non-hydrogen) atoms. The Hall–Kier alpha value is -2.15. The van der Waals surface area contributed by atoms with Gasteiger partial charge in [-0.1, -0.05) is 12.1 Å². The fraction of sp³-hybridized carbons (Fsp3) is 0.500. The van der Waals surface area contributed by atoms with Crippen LogP contribution in [0.3, 0.4) is 0 Å². The molecule has 2 heterocycles. The molecule has 1 aliphatic heterocycles. The fourth-order valence-corrected chi connectivity index (χ4v) is 2.43. The number of pyridine rings is 1. The third-order valence-corrected chi connectivity index (χ3v) is 3.77. The molecule has 1 fully saturated rings. The minimum Gasteiger partial charge on any atom is -0.409 e. The van der Waals surface area contributed by atoms with Crippen LogP contribution < -0.4 is 11.1 Å². The van der Waals surface area contributed by atoms with Crippen molar-refractivity contribution in [3.8, 4) is 0 Å². The highest BCUT2D eigenvalue weighted by atomic mass is 16.4. The first-order chi connectivity index (χ1) is 10.1.